The maximum absolute atomic E-state index is 13.6. The highest BCUT2D eigenvalue weighted by Crippen LogP contribution is 2.32. The third-order valence-corrected chi connectivity index (χ3v) is 9.27. The van der Waals surface area contributed by atoms with E-state index in [1.54, 1.807) is 33.1 Å². The summed E-state index contributed by atoms with van der Waals surface area (Å²) in [7, 11) is -2.13. The van der Waals surface area contributed by atoms with Gasteiger partial charge in [0.05, 0.1) is 24.2 Å². The van der Waals surface area contributed by atoms with Crippen LogP contribution < -0.4 is 10.1 Å². The number of rotatable bonds is 11. The van der Waals surface area contributed by atoms with Crippen molar-refractivity contribution in [1.82, 2.24) is 9.62 Å². The molecule has 1 aliphatic heterocycles. The van der Waals surface area contributed by atoms with Gasteiger partial charge in [0, 0.05) is 12.6 Å². The zero-order valence-electron chi connectivity index (χ0n) is 21.5. The molecule has 0 aromatic heterocycles. The van der Waals surface area contributed by atoms with E-state index in [9.17, 15) is 13.2 Å². The van der Waals surface area contributed by atoms with E-state index in [1.807, 2.05) is 30.3 Å². The molecule has 1 N–H and O–H groups in total. The predicted molar refractivity (Wildman–Crippen MR) is 137 cm³/mol. The highest BCUT2D eigenvalue weighted by atomic mass is 32.2. The van der Waals surface area contributed by atoms with Crippen molar-refractivity contribution in [1.29, 1.82) is 0 Å². The molecule has 35 heavy (non-hydrogen) atoms. The number of hydrogen-bond acceptors (Lipinski definition) is 5. The smallest absolute Gasteiger partial charge is 0.246 e. The van der Waals surface area contributed by atoms with Crippen molar-refractivity contribution in [3.63, 3.8) is 0 Å². The van der Waals surface area contributed by atoms with Crippen LogP contribution in [0.1, 0.15) is 56.2 Å². The van der Waals surface area contributed by atoms with E-state index in [4.69, 9.17) is 9.47 Å². The van der Waals surface area contributed by atoms with Crippen LogP contribution in [0.15, 0.2) is 47.4 Å². The number of nitrogens with one attached hydrogen (secondary N) is 1. The highest BCUT2D eigenvalue weighted by molar-refractivity contribution is 7.89. The van der Waals surface area contributed by atoms with E-state index in [1.165, 1.54) is 4.31 Å². The van der Waals surface area contributed by atoms with E-state index in [2.05, 4.69) is 19.2 Å². The average molecular weight is 503 g/mol. The van der Waals surface area contributed by atoms with Gasteiger partial charge in [0.2, 0.25) is 15.9 Å². The Morgan fingerprint density at radius 1 is 1.11 bits per heavy atom. The first-order valence-electron chi connectivity index (χ1n) is 12.3. The van der Waals surface area contributed by atoms with E-state index >= 15 is 0 Å². The highest BCUT2D eigenvalue weighted by Gasteiger charge is 2.37. The lowest BCUT2D eigenvalue weighted by Gasteiger charge is -2.33. The molecule has 1 atom stereocenters. The van der Waals surface area contributed by atoms with Crippen LogP contribution in [0.25, 0.3) is 0 Å². The molecular weight excluding hydrogens is 464 g/mol. The van der Waals surface area contributed by atoms with Crippen molar-refractivity contribution >= 4 is 15.9 Å². The van der Waals surface area contributed by atoms with Crippen LogP contribution in [-0.4, -0.2) is 51.5 Å². The van der Waals surface area contributed by atoms with Gasteiger partial charge >= 0.3 is 0 Å². The first kappa shape index (κ1) is 27.2. The van der Waals surface area contributed by atoms with Crippen LogP contribution in [0.5, 0.6) is 5.75 Å². The van der Waals surface area contributed by atoms with Crippen molar-refractivity contribution < 1.29 is 22.7 Å². The molecule has 0 saturated carbocycles. The Hall–Kier alpha value is -2.42. The van der Waals surface area contributed by atoms with Crippen LogP contribution >= 0.6 is 0 Å². The van der Waals surface area contributed by atoms with E-state index in [0.29, 0.717) is 34.7 Å². The minimum atomic E-state index is -3.70. The molecule has 1 aliphatic rings. The SMILES string of the molecule is CCC(CC)(NC(=O)COC[C@@H]1CCCN1S(=O)(=O)c1c(C)cc(OC)cc1C)c1ccccc1. The van der Waals surface area contributed by atoms with Gasteiger partial charge in [-0.1, -0.05) is 44.2 Å². The lowest BCUT2D eigenvalue weighted by molar-refractivity contribution is -0.128. The summed E-state index contributed by atoms with van der Waals surface area (Å²) in [5, 5.41) is 3.16. The van der Waals surface area contributed by atoms with Crippen LogP contribution in [0.2, 0.25) is 0 Å². The largest absolute Gasteiger partial charge is 0.497 e. The normalized spacial score (nSPS) is 16.9. The second-order valence-electron chi connectivity index (χ2n) is 9.22. The number of hydrogen-bond donors (Lipinski definition) is 1. The number of methoxy groups -OCH3 is 1. The van der Waals surface area contributed by atoms with E-state index in [0.717, 1.165) is 24.8 Å². The molecule has 0 unspecified atom stereocenters. The van der Waals surface area contributed by atoms with E-state index in [-0.39, 0.29) is 25.2 Å². The molecular formula is C27H38N2O5S. The van der Waals surface area contributed by atoms with Gasteiger partial charge in [0.1, 0.15) is 12.4 Å². The zero-order valence-corrected chi connectivity index (χ0v) is 22.3. The van der Waals surface area contributed by atoms with Gasteiger partial charge in [-0.3, -0.25) is 4.79 Å². The van der Waals surface area contributed by atoms with Crippen LogP contribution in [-0.2, 0) is 25.1 Å². The molecule has 8 heteroatoms. The van der Waals surface area contributed by atoms with Crippen molar-refractivity contribution in [3.05, 3.63) is 59.2 Å². The molecule has 2 aromatic rings. The fourth-order valence-electron chi connectivity index (χ4n) is 5.10. The minimum absolute atomic E-state index is 0.112. The van der Waals surface area contributed by atoms with Gasteiger partial charge < -0.3 is 14.8 Å². The van der Waals surface area contributed by atoms with Crippen LogP contribution in [0.4, 0.5) is 0 Å². The van der Waals surface area contributed by atoms with Crippen molar-refractivity contribution in [3.8, 4) is 5.75 Å². The Labute approximate surface area is 209 Å². The summed E-state index contributed by atoms with van der Waals surface area (Å²) in [5.41, 5.74) is 1.93. The first-order chi connectivity index (χ1) is 16.7. The molecule has 1 saturated heterocycles. The molecule has 1 fully saturated rings. The zero-order chi connectivity index (χ0) is 25.6. The second kappa shape index (κ2) is 11.5. The van der Waals surface area contributed by atoms with Gasteiger partial charge in [-0.05, 0) is 68.4 Å². The first-order valence-corrected chi connectivity index (χ1v) is 13.7. The summed E-state index contributed by atoms with van der Waals surface area (Å²) >= 11 is 0. The Morgan fingerprint density at radius 2 is 1.74 bits per heavy atom. The second-order valence-corrected chi connectivity index (χ2v) is 11.0. The Kier molecular flexibility index (Phi) is 8.96. The summed E-state index contributed by atoms with van der Waals surface area (Å²) in [6.07, 6.45) is 2.98. The molecule has 7 nitrogen and oxygen atoms in total. The average Bonchev–Trinajstić information content (AvgIpc) is 3.32. The molecule has 1 amide bonds. The third kappa shape index (κ3) is 5.88. The minimum Gasteiger partial charge on any atom is -0.497 e. The van der Waals surface area contributed by atoms with Gasteiger partial charge in [-0.15, -0.1) is 0 Å². The summed E-state index contributed by atoms with van der Waals surface area (Å²) < 4.78 is 39.7. The monoisotopic (exact) mass is 502 g/mol. The molecule has 1 heterocycles. The van der Waals surface area contributed by atoms with Crippen molar-refractivity contribution in [2.45, 2.75) is 69.9 Å². The molecule has 3 rings (SSSR count). The van der Waals surface area contributed by atoms with Gasteiger partial charge in [0.15, 0.2) is 0 Å². The maximum Gasteiger partial charge on any atom is 0.246 e. The molecule has 192 valence electrons. The number of sulfonamides is 1. The number of carbonyl (C=O) groups is 1. The predicted octanol–water partition coefficient (Wildman–Crippen LogP) is 4.31. The Morgan fingerprint density at radius 3 is 2.31 bits per heavy atom. The summed E-state index contributed by atoms with van der Waals surface area (Å²) in [6, 6.07) is 13.1. The van der Waals surface area contributed by atoms with Crippen LogP contribution in [0.3, 0.4) is 0 Å². The standard InChI is InChI=1S/C27H38N2O5S/c1-6-27(7-2,22-12-9-8-10-13-22)28-25(30)19-34-18-23-14-11-15-29(23)35(31,32)26-20(3)16-24(33-5)17-21(26)4/h8-10,12-13,16-17,23H,6-7,11,14-15,18-19H2,1-5H3,(H,28,30)/t23-/m0/s1. The molecule has 0 bridgehead atoms. The number of aryl methyl sites for hydroxylation is 2. The molecule has 2 aromatic carbocycles. The van der Waals surface area contributed by atoms with Crippen LogP contribution in [0, 0.1) is 13.8 Å². The van der Waals surface area contributed by atoms with Gasteiger partial charge in [-0.25, -0.2) is 8.42 Å². The fraction of sp³-hybridized carbons (Fsp3) is 0.519. The Bertz CT molecular complexity index is 1090. The fourth-order valence-corrected chi connectivity index (χ4v) is 7.19. The third-order valence-electron chi connectivity index (χ3n) is 7.01. The van der Waals surface area contributed by atoms with E-state index < -0.39 is 15.6 Å². The lowest BCUT2D eigenvalue weighted by Crippen LogP contribution is -2.47. The molecule has 0 spiro atoms. The lowest BCUT2D eigenvalue weighted by atomic mass is 9.84. The maximum atomic E-state index is 13.6. The van der Waals surface area contributed by atoms with Gasteiger partial charge in [0.25, 0.3) is 0 Å². The Balaban J connectivity index is 1.66. The number of ether oxygens (including phenoxy) is 2. The number of nitrogens with zero attached hydrogens (tertiary/aromatic N) is 1. The molecule has 0 aliphatic carbocycles. The van der Waals surface area contributed by atoms with Gasteiger partial charge in [-0.2, -0.15) is 4.31 Å². The van der Waals surface area contributed by atoms with Crippen molar-refractivity contribution in [2.75, 3.05) is 26.9 Å². The number of carbonyl (C=O) groups excluding carboxylic acids is 1. The summed E-state index contributed by atoms with van der Waals surface area (Å²) in [5.74, 6) is 0.434. The van der Waals surface area contributed by atoms with Crippen molar-refractivity contribution in [2.24, 2.45) is 0 Å². The summed E-state index contributed by atoms with van der Waals surface area (Å²) in [6.45, 7) is 8.20. The number of amides is 1. The summed E-state index contributed by atoms with van der Waals surface area (Å²) in [4.78, 5) is 13.1. The molecule has 0 radical (unpaired) electrons. The quantitative estimate of drug-likeness (QED) is 0.495. The topological polar surface area (TPSA) is 84.9 Å². The number of benzene rings is 2.